The molecule has 108 valence electrons. The van der Waals surface area contributed by atoms with E-state index in [1.165, 1.54) is 13.8 Å². The molecule has 5 nitrogen and oxygen atoms in total. The van der Waals surface area contributed by atoms with Crippen LogP contribution in [0.15, 0.2) is 12.2 Å². The Bertz CT molecular complexity index is 334. The zero-order valence-corrected chi connectivity index (χ0v) is 12.2. The summed E-state index contributed by atoms with van der Waals surface area (Å²) in [4.78, 5) is 23.1. The molecule has 1 heterocycles. The van der Waals surface area contributed by atoms with Gasteiger partial charge >= 0.3 is 11.9 Å². The highest BCUT2D eigenvalue weighted by molar-refractivity contribution is 7.99. The lowest BCUT2D eigenvalue weighted by atomic mass is 10.3. The molecular formula is C13H20O5S. The maximum absolute atomic E-state index is 11.8. The Kier molecular flexibility index (Phi) is 6.94. The summed E-state index contributed by atoms with van der Waals surface area (Å²) >= 11 is 1.54. The molecule has 0 spiro atoms. The van der Waals surface area contributed by atoms with E-state index in [9.17, 15) is 9.59 Å². The molecule has 1 aliphatic heterocycles. The minimum atomic E-state index is -0.935. The van der Waals surface area contributed by atoms with Crippen LogP contribution in [0.3, 0.4) is 0 Å². The third kappa shape index (κ3) is 6.11. The lowest BCUT2D eigenvalue weighted by molar-refractivity contribution is -0.166. The summed E-state index contributed by atoms with van der Waals surface area (Å²) in [6.07, 6.45) is 1.13. The predicted octanol–water partition coefficient (Wildman–Crippen LogP) is 1.91. The van der Waals surface area contributed by atoms with E-state index in [1.807, 2.05) is 0 Å². The van der Waals surface area contributed by atoms with Crippen molar-refractivity contribution in [2.75, 3.05) is 19.0 Å². The van der Waals surface area contributed by atoms with E-state index in [4.69, 9.17) is 14.2 Å². The van der Waals surface area contributed by atoms with Crippen LogP contribution < -0.4 is 0 Å². The van der Waals surface area contributed by atoms with Crippen molar-refractivity contribution in [1.29, 1.82) is 0 Å². The third-order valence-corrected chi connectivity index (χ3v) is 3.58. The van der Waals surface area contributed by atoms with Gasteiger partial charge < -0.3 is 14.2 Å². The molecule has 0 aliphatic carbocycles. The zero-order valence-electron chi connectivity index (χ0n) is 11.3. The third-order valence-electron chi connectivity index (χ3n) is 2.45. The van der Waals surface area contributed by atoms with E-state index >= 15 is 0 Å². The van der Waals surface area contributed by atoms with Crippen molar-refractivity contribution in [1.82, 2.24) is 0 Å². The van der Waals surface area contributed by atoms with Crippen LogP contribution in [0, 0.1) is 0 Å². The van der Waals surface area contributed by atoms with Crippen molar-refractivity contribution in [3.63, 3.8) is 0 Å². The monoisotopic (exact) mass is 288 g/mol. The van der Waals surface area contributed by atoms with Gasteiger partial charge in [-0.05, 0) is 32.4 Å². The van der Waals surface area contributed by atoms with Gasteiger partial charge in [-0.25, -0.2) is 9.59 Å². The molecule has 0 aromatic rings. The van der Waals surface area contributed by atoms with Gasteiger partial charge in [-0.15, -0.1) is 11.8 Å². The highest BCUT2D eigenvalue weighted by Crippen LogP contribution is 2.19. The summed E-state index contributed by atoms with van der Waals surface area (Å²) in [6, 6.07) is 0. The van der Waals surface area contributed by atoms with Gasteiger partial charge in [0, 0.05) is 12.2 Å². The van der Waals surface area contributed by atoms with E-state index in [2.05, 4.69) is 6.58 Å². The first-order valence-electron chi connectivity index (χ1n) is 6.27. The van der Waals surface area contributed by atoms with Crippen LogP contribution in [0.2, 0.25) is 0 Å². The topological polar surface area (TPSA) is 61.8 Å². The first-order chi connectivity index (χ1) is 9.00. The van der Waals surface area contributed by atoms with Crippen LogP contribution in [0.1, 0.15) is 26.7 Å². The Balaban J connectivity index is 2.39. The standard InChI is InChI=1S/C13H20O5S/c1-9(2)12(14)17-10(3)13(15)18-11-8-16-6-4-5-7-19-11/h10-11H,1,4-8H2,2-3H3. The van der Waals surface area contributed by atoms with Crippen molar-refractivity contribution in [3.8, 4) is 0 Å². The normalized spacial score (nSPS) is 21.7. The fourth-order valence-electron chi connectivity index (χ4n) is 1.35. The number of hydrogen-bond acceptors (Lipinski definition) is 6. The number of ether oxygens (including phenoxy) is 3. The summed E-state index contributed by atoms with van der Waals surface area (Å²) in [5.41, 5.74) is -0.0814. The van der Waals surface area contributed by atoms with Gasteiger partial charge in [0.25, 0.3) is 0 Å². The number of rotatable bonds is 4. The largest absolute Gasteiger partial charge is 0.447 e. The van der Waals surface area contributed by atoms with Crippen LogP contribution in [0.4, 0.5) is 0 Å². The van der Waals surface area contributed by atoms with Crippen molar-refractivity contribution in [3.05, 3.63) is 12.2 Å². The van der Waals surface area contributed by atoms with Gasteiger partial charge in [-0.1, -0.05) is 6.58 Å². The number of esters is 2. The second-order valence-electron chi connectivity index (χ2n) is 4.35. The van der Waals surface area contributed by atoms with Crippen LogP contribution >= 0.6 is 11.8 Å². The van der Waals surface area contributed by atoms with Crippen molar-refractivity contribution in [2.45, 2.75) is 38.2 Å². The van der Waals surface area contributed by atoms with Gasteiger partial charge in [-0.3, -0.25) is 0 Å². The molecule has 2 unspecified atom stereocenters. The summed E-state index contributed by atoms with van der Waals surface area (Å²) < 4.78 is 15.5. The minimum absolute atomic E-state index is 0.253. The quantitative estimate of drug-likeness (QED) is 0.581. The molecule has 0 amide bonds. The molecule has 1 rings (SSSR count). The summed E-state index contributed by atoms with van der Waals surface area (Å²) in [5.74, 6) is -0.219. The van der Waals surface area contributed by atoms with Crippen LogP contribution in [0.5, 0.6) is 0 Å². The lowest BCUT2D eigenvalue weighted by Gasteiger charge is -2.21. The molecule has 0 aromatic heterocycles. The average Bonchev–Trinajstić information content (AvgIpc) is 2.31. The number of carbonyl (C=O) groups excluding carboxylic acids is 2. The highest BCUT2D eigenvalue weighted by atomic mass is 32.2. The number of carbonyl (C=O) groups is 2. The predicted molar refractivity (Wildman–Crippen MR) is 72.8 cm³/mol. The molecule has 0 aromatic carbocycles. The van der Waals surface area contributed by atoms with E-state index in [-0.39, 0.29) is 11.0 Å². The zero-order chi connectivity index (χ0) is 14.3. The van der Waals surface area contributed by atoms with Crippen molar-refractivity contribution in [2.24, 2.45) is 0 Å². The van der Waals surface area contributed by atoms with Crippen LogP contribution in [0.25, 0.3) is 0 Å². The van der Waals surface area contributed by atoms with E-state index in [0.717, 1.165) is 18.6 Å². The molecule has 0 N–H and O–H groups in total. The van der Waals surface area contributed by atoms with Gasteiger partial charge in [0.1, 0.15) is 0 Å². The molecular weight excluding hydrogens is 268 g/mol. The van der Waals surface area contributed by atoms with Gasteiger partial charge in [0.05, 0.1) is 6.61 Å². The molecule has 0 radical (unpaired) electrons. The summed E-state index contributed by atoms with van der Waals surface area (Å²) in [7, 11) is 0. The molecule has 2 atom stereocenters. The number of thioether (sulfide) groups is 1. The Hall–Kier alpha value is -1.01. The average molecular weight is 288 g/mol. The van der Waals surface area contributed by atoms with E-state index < -0.39 is 18.0 Å². The van der Waals surface area contributed by atoms with Crippen molar-refractivity contribution >= 4 is 23.7 Å². The highest BCUT2D eigenvalue weighted by Gasteiger charge is 2.24. The van der Waals surface area contributed by atoms with Crippen molar-refractivity contribution < 1.29 is 23.8 Å². The maximum atomic E-state index is 11.8. The molecule has 6 heteroatoms. The fraction of sp³-hybridized carbons (Fsp3) is 0.692. The van der Waals surface area contributed by atoms with Gasteiger partial charge in [0.2, 0.25) is 0 Å². The molecule has 1 aliphatic rings. The van der Waals surface area contributed by atoms with E-state index in [1.54, 1.807) is 11.8 Å². The molecule has 1 fully saturated rings. The summed E-state index contributed by atoms with van der Waals surface area (Å²) in [6.45, 7) is 7.53. The Morgan fingerprint density at radius 1 is 1.42 bits per heavy atom. The van der Waals surface area contributed by atoms with Gasteiger partial charge in [-0.2, -0.15) is 0 Å². The molecule has 1 saturated heterocycles. The van der Waals surface area contributed by atoms with Crippen LogP contribution in [-0.2, 0) is 23.8 Å². The Labute approximate surface area is 117 Å². The first kappa shape index (κ1) is 16.0. The molecule has 0 saturated carbocycles. The van der Waals surface area contributed by atoms with Gasteiger partial charge in [0.15, 0.2) is 11.5 Å². The Morgan fingerprint density at radius 2 is 2.16 bits per heavy atom. The lowest BCUT2D eigenvalue weighted by Crippen LogP contribution is -2.31. The number of hydrogen-bond donors (Lipinski definition) is 0. The SMILES string of the molecule is C=C(C)C(=O)OC(C)C(=O)OC1COCCCCS1. The first-order valence-corrected chi connectivity index (χ1v) is 7.32. The Morgan fingerprint density at radius 3 is 2.84 bits per heavy atom. The molecule has 19 heavy (non-hydrogen) atoms. The van der Waals surface area contributed by atoms with E-state index in [0.29, 0.717) is 13.2 Å². The second-order valence-corrected chi connectivity index (χ2v) is 5.61. The molecule has 0 bridgehead atoms. The maximum Gasteiger partial charge on any atom is 0.348 e. The second kappa shape index (κ2) is 8.22. The summed E-state index contributed by atoms with van der Waals surface area (Å²) in [5, 5.41) is 0. The minimum Gasteiger partial charge on any atom is -0.447 e. The smallest absolute Gasteiger partial charge is 0.348 e. The fourth-order valence-corrected chi connectivity index (χ4v) is 2.34. The van der Waals surface area contributed by atoms with Crippen LogP contribution in [-0.4, -0.2) is 42.4 Å².